The van der Waals surface area contributed by atoms with Crippen LogP contribution in [0.25, 0.3) is 0 Å². The number of rotatable bonds is 4. The summed E-state index contributed by atoms with van der Waals surface area (Å²) in [6.07, 6.45) is 0.576. The van der Waals surface area contributed by atoms with Crippen LogP contribution in [0.15, 0.2) is 115 Å². The number of hydrogen-bond acceptors (Lipinski definition) is 2. The molecule has 2 nitrogen and oxygen atoms in total. The third-order valence-corrected chi connectivity index (χ3v) is 8.18. The van der Waals surface area contributed by atoms with Gasteiger partial charge in [-0.1, -0.05) is 112 Å². The highest BCUT2D eigenvalue weighted by Crippen LogP contribution is 2.55. The average Bonchev–Trinajstić information content (AvgIpc) is 3.24. The third-order valence-electron chi connectivity index (χ3n) is 6.07. The molecule has 0 spiro atoms. The summed E-state index contributed by atoms with van der Waals surface area (Å²) in [4.78, 5) is 12.8. The van der Waals surface area contributed by atoms with Crippen LogP contribution in [0, 0.1) is 0 Å². The van der Waals surface area contributed by atoms with Crippen LogP contribution in [0.1, 0.15) is 28.7 Å². The monoisotopic (exact) mass is 690 g/mol. The Kier molecular flexibility index (Phi) is 6.68. The second-order valence-electron chi connectivity index (χ2n) is 8.03. The lowest BCUT2D eigenvalue weighted by atomic mass is 9.73. The van der Waals surface area contributed by atoms with Crippen molar-refractivity contribution in [1.29, 1.82) is 0 Å². The summed E-state index contributed by atoms with van der Waals surface area (Å²) in [6.45, 7) is 0. The smallest absolute Gasteiger partial charge is 0.157 e. The summed E-state index contributed by atoms with van der Waals surface area (Å²) in [5.41, 5.74) is 2.55. The third kappa shape index (κ3) is 4.42. The zero-order valence-corrected chi connectivity index (χ0v) is 23.6. The topological polar surface area (TPSA) is 18.5 Å². The molecule has 0 atom stereocenters. The van der Waals surface area contributed by atoms with Crippen LogP contribution in [0.5, 0.6) is 0 Å². The largest absolute Gasteiger partial charge is 0.219 e. The first kappa shape index (κ1) is 23.5. The molecule has 6 heteroatoms. The summed E-state index contributed by atoms with van der Waals surface area (Å²) in [5, 5.41) is 0. The second kappa shape index (κ2) is 9.40. The highest BCUT2D eigenvalue weighted by molar-refractivity contribution is 9.11. The quantitative estimate of drug-likeness (QED) is 0.199. The molecule has 0 N–H and O–H groups in total. The van der Waals surface area contributed by atoms with Crippen molar-refractivity contribution >= 4 is 63.7 Å². The van der Waals surface area contributed by atoms with Crippen molar-refractivity contribution < 1.29 is 9.78 Å². The van der Waals surface area contributed by atoms with Crippen LogP contribution in [0.4, 0.5) is 0 Å². The average molecular weight is 694 g/mol. The zero-order chi connectivity index (χ0) is 23.1. The zero-order valence-electron chi connectivity index (χ0n) is 17.3. The van der Waals surface area contributed by atoms with Crippen molar-refractivity contribution in [1.82, 2.24) is 0 Å². The Labute approximate surface area is 226 Å². The van der Waals surface area contributed by atoms with Gasteiger partial charge in [-0.05, 0) is 70.8 Å². The van der Waals surface area contributed by atoms with Gasteiger partial charge in [0, 0.05) is 24.3 Å². The van der Waals surface area contributed by atoms with Crippen molar-refractivity contribution in [2.45, 2.75) is 17.6 Å². The highest BCUT2D eigenvalue weighted by atomic mass is 79.9. The van der Waals surface area contributed by atoms with E-state index < -0.39 is 11.2 Å². The van der Waals surface area contributed by atoms with Crippen LogP contribution in [0.3, 0.4) is 0 Å². The Morgan fingerprint density at radius 3 is 0.818 bits per heavy atom. The van der Waals surface area contributed by atoms with Gasteiger partial charge in [0.25, 0.3) is 0 Å². The van der Waals surface area contributed by atoms with Gasteiger partial charge in [-0.3, -0.25) is 0 Å². The van der Waals surface area contributed by atoms with Crippen molar-refractivity contribution in [2.75, 3.05) is 0 Å². The van der Waals surface area contributed by atoms with E-state index in [1.54, 1.807) is 0 Å². The number of hydrogen-bond donors (Lipinski definition) is 0. The lowest BCUT2D eigenvalue weighted by molar-refractivity contribution is -0.341. The molecule has 1 saturated heterocycles. The van der Waals surface area contributed by atoms with E-state index in [4.69, 9.17) is 9.78 Å². The van der Waals surface area contributed by atoms with E-state index in [1.807, 2.05) is 48.5 Å². The van der Waals surface area contributed by atoms with Crippen molar-refractivity contribution in [3.05, 3.63) is 137 Å². The van der Waals surface area contributed by atoms with Gasteiger partial charge in [0.05, 0.1) is 0 Å². The molecular formula is C27H18Br4O2. The lowest BCUT2D eigenvalue weighted by Gasteiger charge is -2.30. The lowest BCUT2D eigenvalue weighted by Crippen LogP contribution is -2.31. The van der Waals surface area contributed by atoms with Crippen molar-refractivity contribution in [3.63, 3.8) is 0 Å². The van der Waals surface area contributed by atoms with Gasteiger partial charge < -0.3 is 0 Å². The van der Waals surface area contributed by atoms with Gasteiger partial charge in [-0.25, -0.2) is 9.78 Å². The normalized spacial score (nSPS) is 16.6. The molecule has 0 aromatic heterocycles. The SMILES string of the molecule is Brc1ccc(C2(c3ccc(Br)cc3)CC(c3ccc(Br)cc3)(c3ccc(Br)cc3)OO2)cc1. The first-order valence-electron chi connectivity index (χ1n) is 10.3. The van der Waals surface area contributed by atoms with E-state index in [9.17, 15) is 0 Å². The minimum absolute atomic E-state index is 0.576. The fourth-order valence-corrected chi connectivity index (χ4v) is 5.42. The maximum Gasteiger partial charge on any atom is 0.157 e. The molecule has 5 rings (SSSR count). The van der Waals surface area contributed by atoms with Gasteiger partial charge in [-0.15, -0.1) is 0 Å². The molecule has 1 aliphatic rings. The van der Waals surface area contributed by atoms with Crippen LogP contribution in [-0.4, -0.2) is 0 Å². The summed E-state index contributed by atoms with van der Waals surface area (Å²) in [5.74, 6) is 0. The van der Waals surface area contributed by atoms with Crippen molar-refractivity contribution in [3.8, 4) is 0 Å². The maximum absolute atomic E-state index is 6.42. The molecule has 4 aromatic carbocycles. The predicted octanol–water partition coefficient (Wildman–Crippen LogP) is 9.28. The Morgan fingerprint density at radius 1 is 0.394 bits per heavy atom. The van der Waals surface area contributed by atoms with Gasteiger partial charge in [0.1, 0.15) is 0 Å². The molecule has 33 heavy (non-hydrogen) atoms. The van der Waals surface area contributed by atoms with Crippen LogP contribution < -0.4 is 0 Å². The summed E-state index contributed by atoms with van der Waals surface area (Å²) in [7, 11) is 0. The minimum Gasteiger partial charge on any atom is -0.219 e. The standard InChI is InChI=1S/C27H18Br4O2/c28-22-9-1-18(2-10-22)26(19-3-11-23(29)12-4-19)17-27(33-32-26,20-5-13-24(30)14-6-20)21-7-15-25(31)16-8-21/h1-16H,17H2. The molecule has 0 radical (unpaired) electrons. The Hall–Kier alpha value is -1.28. The van der Waals surface area contributed by atoms with Gasteiger partial charge in [0.2, 0.25) is 0 Å². The van der Waals surface area contributed by atoms with E-state index in [-0.39, 0.29) is 0 Å². The molecule has 1 fully saturated rings. The molecule has 0 amide bonds. The van der Waals surface area contributed by atoms with Crippen LogP contribution >= 0.6 is 63.7 Å². The molecule has 0 saturated carbocycles. The van der Waals surface area contributed by atoms with Gasteiger partial charge in [0.15, 0.2) is 11.2 Å². The Morgan fingerprint density at radius 2 is 0.606 bits per heavy atom. The van der Waals surface area contributed by atoms with Crippen LogP contribution in [0.2, 0.25) is 0 Å². The second-order valence-corrected chi connectivity index (χ2v) is 11.7. The van der Waals surface area contributed by atoms with Gasteiger partial charge in [-0.2, -0.15) is 0 Å². The van der Waals surface area contributed by atoms with Crippen molar-refractivity contribution in [2.24, 2.45) is 0 Å². The number of halogens is 4. The van der Waals surface area contributed by atoms with E-state index in [1.165, 1.54) is 0 Å². The molecule has 0 aliphatic carbocycles. The van der Waals surface area contributed by atoms with E-state index >= 15 is 0 Å². The molecule has 166 valence electrons. The highest BCUT2D eigenvalue weighted by Gasteiger charge is 2.55. The summed E-state index contributed by atoms with van der Waals surface area (Å²) >= 11 is 14.2. The first-order valence-corrected chi connectivity index (χ1v) is 13.5. The Bertz CT molecular complexity index is 1060. The molecular weight excluding hydrogens is 676 g/mol. The predicted molar refractivity (Wildman–Crippen MR) is 145 cm³/mol. The number of benzene rings is 4. The van der Waals surface area contributed by atoms with Crippen LogP contribution in [-0.2, 0) is 21.0 Å². The fraction of sp³-hybridized carbons (Fsp3) is 0.111. The molecule has 0 bridgehead atoms. The fourth-order valence-electron chi connectivity index (χ4n) is 4.36. The minimum atomic E-state index is -0.790. The molecule has 1 aliphatic heterocycles. The summed E-state index contributed by atoms with van der Waals surface area (Å²) < 4.78 is 4.07. The molecule has 1 heterocycles. The maximum atomic E-state index is 6.42. The molecule has 0 unspecified atom stereocenters. The summed E-state index contributed by atoms with van der Waals surface area (Å²) in [6, 6.07) is 33.1. The van der Waals surface area contributed by atoms with E-state index in [0.29, 0.717) is 6.42 Å². The van der Waals surface area contributed by atoms with E-state index in [0.717, 1.165) is 40.1 Å². The van der Waals surface area contributed by atoms with E-state index in [2.05, 4.69) is 112 Å². The first-order chi connectivity index (χ1) is 15.9. The molecule has 4 aromatic rings. The van der Waals surface area contributed by atoms with Gasteiger partial charge >= 0.3 is 0 Å². The Balaban J connectivity index is 1.72.